The highest BCUT2D eigenvalue weighted by Gasteiger charge is 2.60. The van der Waals surface area contributed by atoms with Crippen LogP contribution in [0.25, 0.3) is 0 Å². The van der Waals surface area contributed by atoms with Crippen LogP contribution in [0, 0.1) is 46.3 Å². The first-order chi connectivity index (χ1) is 17.1. The van der Waals surface area contributed by atoms with Gasteiger partial charge in [0.1, 0.15) is 5.72 Å². The second kappa shape index (κ2) is 11.4. The highest BCUT2D eigenvalue weighted by molar-refractivity contribution is 5.27. The van der Waals surface area contributed by atoms with Gasteiger partial charge in [-0.3, -0.25) is 5.32 Å². The molecule has 4 rings (SSSR count). The number of fused-ring (bicyclic) bond motifs is 5. The predicted octanol–water partition coefficient (Wildman–Crippen LogP) is 7.86. The van der Waals surface area contributed by atoms with Crippen LogP contribution >= 0.6 is 0 Å². The molecule has 5 unspecified atom stereocenters. The molecule has 0 saturated heterocycles. The summed E-state index contributed by atoms with van der Waals surface area (Å²) in [6.45, 7) is 14.9. The predicted molar refractivity (Wildman–Crippen MR) is 152 cm³/mol. The average molecular weight is 502 g/mol. The van der Waals surface area contributed by atoms with E-state index in [9.17, 15) is 10.2 Å². The van der Waals surface area contributed by atoms with Crippen molar-refractivity contribution < 1.29 is 10.2 Å². The number of nitrogens with one attached hydrogen (secondary N) is 1. The number of hydrogen-bond donors (Lipinski definition) is 3. The summed E-state index contributed by atoms with van der Waals surface area (Å²) < 4.78 is 0. The first-order valence-corrected chi connectivity index (χ1v) is 15.9. The molecule has 0 heterocycles. The maximum absolute atomic E-state index is 11.6. The number of aliphatic hydroxyl groups is 2. The Bertz CT molecular complexity index is 757. The largest absolute Gasteiger partial charge is 0.396 e. The van der Waals surface area contributed by atoms with Gasteiger partial charge in [0.2, 0.25) is 0 Å². The summed E-state index contributed by atoms with van der Waals surface area (Å²) in [5, 5.41) is 24.7. The van der Waals surface area contributed by atoms with Crippen LogP contribution in [0.2, 0.25) is 0 Å². The van der Waals surface area contributed by atoms with E-state index in [0.717, 1.165) is 74.0 Å². The molecule has 0 amide bonds. The molecule has 3 heteroatoms. The summed E-state index contributed by atoms with van der Waals surface area (Å²) in [7, 11) is 0. The average Bonchev–Trinajstić information content (AvgIpc) is 3.17. The lowest BCUT2D eigenvalue weighted by Gasteiger charge is -2.59. The molecule has 0 radical (unpaired) electrons. The molecule has 208 valence electrons. The third kappa shape index (κ3) is 5.50. The second-order valence-electron chi connectivity index (χ2n) is 14.6. The van der Waals surface area contributed by atoms with Crippen LogP contribution in [-0.4, -0.2) is 28.6 Å². The third-order valence-electron chi connectivity index (χ3n) is 12.0. The quantitative estimate of drug-likeness (QED) is 0.199. The van der Waals surface area contributed by atoms with E-state index in [-0.39, 0.29) is 18.1 Å². The fourth-order valence-corrected chi connectivity index (χ4v) is 9.97. The molecule has 0 aliphatic heterocycles. The number of allylic oxidation sites excluding steroid dienone is 1. The van der Waals surface area contributed by atoms with Crippen LogP contribution in [0.1, 0.15) is 131 Å². The summed E-state index contributed by atoms with van der Waals surface area (Å²) in [5.41, 5.74) is 1.52. The van der Waals surface area contributed by atoms with Crippen LogP contribution in [-0.2, 0) is 0 Å². The Morgan fingerprint density at radius 2 is 1.75 bits per heavy atom. The molecule has 0 bridgehead atoms. The van der Waals surface area contributed by atoms with Gasteiger partial charge in [0.05, 0.1) is 0 Å². The van der Waals surface area contributed by atoms with E-state index in [2.05, 4.69) is 52.9 Å². The van der Waals surface area contributed by atoms with E-state index in [1.54, 1.807) is 0 Å². The first-order valence-electron chi connectivity index (χ1n) is 15.9. The van der Waals surface area contributed by atoms with Gasteiger partial charge in [0.25, 0.3) is 0 Å². The van der Waals surface area contributed by atoms with Crippen molar-refractivity contribution in [3.05, 3.63) is 11.6 Å². The highest BCUT2D eigenvalue weighted by Crippen LogP contribution is 2.67. The van der Waals surface area contributed by atoms with Crippen LogP contribution in [0.3, 0.4) is 0 Å². The zero-order valence-electron chi connectivity index (χ0n) is 24.6. The molecule has 9 atom stereocenters. The molecule has 3 N–H and O–H groups in total. The van der Waals surface area contributed by atoms with Crippen molar-refractivity contribution in [2.45, 2.75) is 143 Å². The minimum atomic E-state index is -0.805. The maximum Gasteiger partial charge on any atom is 0.120 e. The lowest BCUT2D eigenvalue weighted by Crippen LogP contribution is -2.57. The van der Waals surface area contributed by atoms with E-state index < -0.39 is 5.72 Å². The Balaban J connectivity index is 1.45. The van der Waals surface area contributed by atoms with Crippen molar-refractivity contribution in [3.63, 3.8) is 0 Å². The van der Waals surface area contributed by atoms with E-state index in [1.165, 1.54) is 56.9 Å². The van der Waals surface area contributed by atoms with Crippen LogP contribution in [0.5, 0.6) is 0 Å². The summed E-state index contributed by atoms with van der Waals surface area (Å²) >= 11 is 0. The Labute approximate surface area is 223 Å². The molecule has 3 nitrogen and oxygen atoms in total. The zero-order valence-corrected chi connectivity index (χ0v) is 24.6. The van der Waals surface area contributed by atoms with Crippen LogP contribution in [0.4, 0.5) is 0 Å². The van der Waals surface area contributed by atoms with Gasteiger partial charge in [-0.05, 0) is 104 Å². The summed E-state index contributed by atoms with van der Waals surface area (Å²) in [6, 6.07) is 0.208. The smallest absolute Gasteiger partial charge is 0.120 e. The molecule has 3 saturated carbocycles. The van der Waals surface area contributed by atoms with E-state index in [1.807, 2.05) is 0 Å². The molecule has 0 aromatic heterocycles. The maximum atomic E-state index is 11.6. The molecule has 4 aliphatic rings. The van der Waals surface area contributed by atoms with Crippen molar-refractivity contribution >= 4 is 0 Å². The summed E-state index contributed by atoms with van der Waals surface area (Å²) in [4.78, 5) is 0. The summed E-state index contributed by atoms with van der Waals surface area (Å²) in [6.07, 6.45) is 19.3. The van der Waals surface area contributed by atoms with Gasteiger partial charge < -0.3 is 10.2 Å². The second-order valence-corrected chi connectivity index (χ2v) is 14.6. The number of rotatable bonds is 11. The molecule has 36 heavy (non-hydrogen) atoms. The molecule has 0 aromatic rings. The van der Waals surface area contributed by atoms with Gasteiger partial charge in [0.15, 0.2) is 0 Å². The van der Waals surface area contributed by atoms with Gasteiger partial charge in [-0.15, -0.1) is 0 Å². The van der Waals surface area contributed by atoms with Crippen LogP contribution in [0.15, 0.2) is 11.6 Å². The minimum Gasteiger partial charge on any atom is -0.396 e. The highest BCUT2D eigenvalue weighted by atomic mass is 16.3. The third-order valence-corrected chi connectivity index (χ3v) is 12.0. The van der Waals surface area contributed by atoms with Crippen molar-refractivity contribution in [2.24, 2.45) is 46.3 Å². The monoisotopic (exact) mass is 501 g/mol. The van der Waals surface area contributed by atoms with Gasteiger partial charge >= 0.3 is 0 Å². The zero-order chi connectivity index (χ0) is 26.1. The van der Waals surface area contributed by atoms with Crippen molar-refractivity contribution in [2.75, 3.05) is 6.61 Å². The Kier molecular flexibility index (Phi) is 9.05. The lowest BCUT2D eigenvalue weighted by atomic mass is 9.46. The fourth-order valence-electron chi connectivity index (χ4n) is 9.97. The van der Waals surface area contributed by atoms with E-state index >= 15 is 0 Å². The first kappa shape index (κ1) is 28.6. The van der Waals surface area contributed by atoms with Crippen molar-refractivity contribution in [1.82, 2.24) is 5.32 Å². The topological polar surface area (TPSA) is 52.5 Å². The number of hydrogen-bond acceptors (Lipinski definition) is 3. The Morgan fingerprint density at radius 3 is 2.44 bits per heavy atom. The molecular weight excluding hydrogens is 442 g/mol. The SMILES string of the molecule is CCCC(CCO)NC1(O)CC[C@@]2(C)C(=CCC3C2CC[C@@]2(C)C3CC[C@@H]2[C@H](C)CCCC(C)C)C1. The van der Waals surface area contributed by atoms with Gasteiger partial charge in [-0.1, -0.05) is 78.9 Å². The number of aliphatic hydroxyl groups excluding tert-OH is 1. The van der Waals surface area contributed by atoms with Crippen molar-refractivity contribution in [1.29, 1.82) is 0 Å². The molecule has 0 aromatic carbocycles. The molecule has 3 fully saturated rings. The lowest BCUT2D eigenvalue weighted by molar-refractivity contribution is -0.0887. The normalized spacial score (nSPS) is 41.9. The van der Waals surface area contributed by atoms with Gasteiger partial charge in [-0.2, -0.15) is 0 Å². The van der Waals surface area contributed by atoms with E-state index in [0.29, 0.717) is 5.41 Å². The van der Waals surface area contributed by atoms with Crippen LogP contribution < -0.4 is 5.32 Å². The molecular formula is C33H59NO2. The van der Waals surface area contributed by atoms with Crippen molar-refractivity contribution in [3.8, 4) is 0 Å². The Morgan fingerprint density at radius 1 is 0.972 bits per heavy atom. The minimum absolute atomic E-state index is 0.190. The summed E-state index contributed by atoms with van der Waals surface area (Å²) in [5.74, 6) is 5.13. The Hall–Kier alpha value is -0.380. The fraction of sp³-hybridized carbons (Fsp3) is 0.939. The van der Waals surface area contributed by atoms with E-state index in [4.69, 9.17) is 0 Å². The van der Waals surface area contributed by atoms with Gasteiger partial charge in [0, 0.05) is 19.1 Å². The molecule has 4 aliphatic carbocycles. The standard InChI is InChI=1S/C33H59NO2/c1-7-9-26(17-21-35)34-33(36)20-19-31(5)25(22-33)12-13-27-29-15-14-28(24(4)11-8-10-23(2)3)32(29,6)18-16-30(27)31/h12,23-24,26-30,34-36H,7-11,13-22H2,1-6H3/t24-,26?,27?,28-,29?,30?,31+,32-,33?/m1/s1. The molecule has 0 spiro atoms. The van der Waals surface area contributed by atoms with Gasteiger partial charge in [-0.25, -0.2) is 0 Å².